The molecule has 166 valence electrons. The van der Waals surface area contributed by atoms with Gasteiger partial charge in [-0.3, -0.25) is 14.9 Å². The standard InChI is InChI=1S/C21H20F2N6O3/c1-12-20(13(2)28(26-12)18-5-3-14(22)9-17(18)23)21(30)27-8-7-15(11-27)25-19-6-4-16(10-24-19)29(31)32/h3-6,9-10,15H,7-8,11H2,1-2H3,(H,24,25). The van der Waals surface area contributed by atoms with Crippen molar-refractivity contribution in [2.45, 2.75) is 26.3 Å². The quantitative estimate of drug-likeness (QED) is 0.480. The van der Waals surface area contributed by atoms with Gasteiger partial charge in [-0.25, -0.2) is 18.4 Å². The lowest BCUT2D eigenvalue weighted by Gasteiger charge is -2.18. The molecule has 3 aromatic rings. The lowest BCUT2D eigenvalue weighted by Crippen LogP contribution is -2.32. The Morgan fingerprint density at radius 3 is 2.69 bits per heavy atom. The number of likely N-dealkylation sites (tertiary alicyclic amines) is 1. The summed E-state index contributed by atoms with van der Waals surface area (Å²) in [5.74, 6) is -1.20. The number of nitrogens with zero attached hydrogens (tertiary/aromatic N) is 5. The van der Waals surface area contributed by atoms with Crippen molar-refractivity contribution in [3.05, 3.63) is 75.2 Å². The van der Waals surface area contributed by atoms with E-state index in [0.717, 1.165) is 12.1 Å². The number of anilines is 1. The van der Waals surface area contributed by atoms with E-state index in [1.54, 1.807) is 18.7 Å². The molecule has 1 aromatic carbocycles. The summed E-state index contributed by atoms with van der Waals surface area (Å²) < 4.78 is 28.8. The van der Waals surface area contributed by atoms with E-state index < -0.39 is 16.6 Å². The molecular formula is C21H20F2N6O3. The average Bonchev–Trinajstić information content (AvgIpc) is 3.32. The number of nitro groups is 1. The highest BCUT2D eigenvalue weighted by Gasteiger charge is 2.31. The van der Waals surface area contributed by atoms with Gasteiger partial charge in [0.2, 0.25) is 0 Å². The first-order valence-corrected chi connectivity index (χ1v) is 9.92. The number of hydrogen-bond donors (Lipinski definition) is 1. The second kappa shape index (κ2) is 8.33. The van der Waals surface area contributed by atoms with Gasteiger partial charge in [0.05, 0.1) is 21.9 Å². The summed E-state index contributed by atoms with van der Waals surface area (Å²) in [5, 5.41) is 18.2. The minimum Gasteiger partial charge on any atom is -0.365 e. The van der Waals surface area contributed by atoms with Crippen LogP contribution in [0.1, 0.15) is 28.2 Å². The van der Waals surface area contributed by atoms with Crippen LogP contribution in [-0.2, 0) is 0 Å². The van der Waals surface area contributed by atoms with E-state index >= 15 is 0 Å². The SMILES string of the molecule is Cc1nn(-c2ccc(F)cc2F)c(C)c1C(=O)N1CCC(Nc2ccc([N+](=O)[O-])cn2)C1. The molecule has 0 radical (unpaired) electrons. The van der Waals surface area contributed by atoms with Gasteiger partial charge in [-0.05, 0) is 38.5 Å². The van der Waals surface area contributed by atoms with E-state index in [0.29, 0.717) is 42.3 Å². The fourth-order valence-electron chi connectivity index (χ4n) is 3.85. The van der Waals surface area contributed by atoms with Crippen LogP contribution in [0.5, 0.6) is 0 Å². The molecule has 1 N–H and O–H groups in total. The Labute approximate surface area is 181 Å². The molecule has 0 saturated carbocycles. The van der Waals surface area contributed by atoms with Crippen molar-refractivity contribution >= 4 is 17.4 Å². The van der Waals surface area contributed by atoms with Crippen molar-refractivity contribution in [1.29, 1.82) is 0 Å². The molecule has 0 aliphatic carbocycles. The Kier molecular flexibility index (Phi) is 5.56. The fraction of sp³-hybridized carbons (Fsp3) is 0.286. The van der Waals surface area contributed by atoms with Gasteiger partial charge in [0.1, 0.15) is 23.5 Å². The largest absolute Gasteiger partial charge is 0.365 e. The summed E-state index contributed by atoms with van der Waals surface area (Å²) in [6.45, 7) is 4.25. The predicted molar refractivity (Wildman–Crippen MR) is 112 cm³/mol. The molecule has 1 saturated heterocycles. The maximum absolute atomic E-state index is 14.2. The van der Waals surface area contributed by atoms with Crippen LogP contribution in [-0.4, -0.2) is 49.6 Å². The number of aromatic nitrogens is 3. The summed E-state index contributed by atoms with van der Waals surface area (Å²) >= 11 is 0. The van der Waals surface area contributed by atoms with Crippen LogP contribution in [0.3, 0.4) is 0 Å². The summed E-state index contributed by atoms with van der Waals surface area (Å²) in [6, 6.07) is 6.01. The summed E-state index contributed by atoms with van der Waals surface area (Å²) in [4.78, 5) is 29.1. The second-order valence-corrected chi connectivity index (χ2v) is 7.59. The summed E-state index contributed by atoms with van der Waals surface area (Å²) in [5.41, 5.74) is 1.26. The van der Waals surface area contributed by atoms with Gasteiger partial charge in [0.15, 0.2) is 5.82 Å². The van der Waals surface area contributed by atoms with E-state index in [1.165, 1.54) is 29.1 Å². The number of carbonyl (C=O) groups excluding carboxylic acids is 1. The number of nitrogens with one attached hydrogen (secondary N) is 1. The van der Waals surface area contributed by atoms with Crippen molar-refractivity contribution in [1.82, 2.24) is 19.7 Å². The Bertz CT molecular complexity index is 1190. The third-order valence-electron chi connectivity index (χ3n) is 5.43. The van der Waals surface area contributed by atoms with Crippen LogP contribution in [0, 0.1) is 35.6 Å². The average molecular weight is 442 g/mol. The second-order valence-electron chi connectivity index (χ2n) is 7.59. The maximum Gasteiger partial charge on any atom is 0.287 e. The molecule has 0 spiro atoms. The number of benzene rings is 1. The van der Waals surface area contributed by atoms with Gasteiger partial charge in [-0.1, -0.05) is 0 Å². The molecule has 11 heteroatoms. The Hall–Kier alpha value is -3.89. The van der Waals surface area contributed by atoms with E-state index in [9.17, 15) is 23.7 Å². The molecule has 1 aliphatic heterocycles. The third kappa shape index (κ3) is 4.01. The zero-order valence-electron chi connectivity index (χ0n) is 17.4. The van der Waals surface area contributed by atoms with Crippen molar-refractivity contribution in [3.8, 4) is 5.69 Å². The number of aryl methyl sites for hydroxylation is 1. The summed E-state index contributed by atoms with van der Waals surface area (Å²) in [6.07, 6.45) is 1.85. The van der Waals surface area contributed by atoms with E-state index in [4.69, 9.17) is 0 Å². The van der Waals surface area contributed by atoms with Gasteiger partial charge in [-0.15, -0.1) is 0 Å². The topological polar surface area (TPSA) is 106 Å². The molecule has 3 heterocycles. The highest BCUT2D eigenvalue weighted by atomic mass is 19.1. The molecule has 32 heavy (non-hydrogen) atoms. The lowest BCUT2D eigenvalue weighted by molar-refractivity contribution is -0.385. The van der Waals surface area contributed by atoms with Crippen LogP contribution >= 0.6 is 0 Å². The first-order valence-electron chi connectivity index (χ1n) is 9.92. The predicted octanol–water partition coefficient (Wildman–Crippen LogP) is 3.40. The van der Waals surface area contributed by atoms with Crippen LogP contribution in [0.4, 0.5) is 20.3 Å². The number of carbonyl (C=O) groups is 1. The van der Waals surface area contributed by atoms with Crippen LogP contribution in [0.2, 0.25) is 0 Å². The van der Waals surface area contributed by atoms with Crippen molar-refractivity contribution in [2.24, 2.45) is 0 Å². The van der Waals surface area contributed by atoms with Crippen molar-refractivity contribution < 1.29 is 18.5 Å². The van der Waals surface area contributed by atoms with Gasteiger partial charge in [0, 0.05) is 31.3 Å². The van der Waals surface area contributed by atoms with E-state index in [2.05, 4.69) is 15.4 Å². The van der Waals surface area contributed by atoms with Gasteiger partial charge in [-0.2, -0.15) is 5.10 Å². The molecule has 1 amide bonds. The maximum atomic E-state index is 14.2. The molecule has 1 atom stereocenters. The Balaban J connectivity index is 1.49. The van der Waals surface area contributed by atoms with E-state index in [-0.39, 0.29) is 23.3 Å². The first kappa shape index (κ1) is 21.3. The minimum atomic E-state index is -0.768. The Morgan fingerprint density at radius 1 is 1.25 bits per heavy atom. The van der Waals surface area contributed by atoms with Crippen LogP contribution in [0.25, 0.3) is 5.69 Å². The summed E-state index contributed by atoms with van der Waals surface area (Å²) in [7, 11) is 0. The molecular weight excluding hydrogens is 422 g/mol. The first-order chi connectivity index (χ1) is 15.2. The van der Waals surface area contributed by atoms with Crippen molar-refractivity contribution in [2.75, 3.05) is 18.4 Å². The fourth-order valence-corrected chi connectivity index (χ4v) is 3.85. The van der Waals surface area contributed by atoms with Crippen LogP contribution in [0.15, 0.2) is 36.5 Å². The number of pyridine rings is 1. The van der Waals surface area contributed by atoms with Crippen molar-refractivity contribution in [3.63, 3.8) is 0 Å². The monoisotopic (exact) mass is 442 g/mol. The molecule has 1 unspecified atom stereocenters. The number of rotatable bonds is 5. The third-order valence-corrected chi connectivity index (χ3v) is 5.43. The highest BCUT2D eigenvalue weighted by Crippen LogP contribution is 2.24. The van der Waals surface area contributed by atoms with Crippen LogP contribution < -0.4 is 5.32 Å². The van der Waals surface area contributed by atoms with Gasteiger partial charge >= 0.3 is 0 Å². The molecule has 9 nitrogen and oxygen atoms in total. The number of hydrogen-bond acceptors (Lipinski definition) is 6. The molecule has 1 aliphatic rings. The number of amides is 1. The smallest absolute Gasteiger partial charge is 0.287 e. The normalized spacial score (nSPS) is 15.8. The van der Waals surface area contributed by atoms with E-state index in [1.807, 2.05) is 0 Å². The van der Waals surface area contributed by atoms with Gasteiger partial charge < -0.3 is 10.2 Å². The zero-order valence-corrected chi connectivity index (χ0v) is 17.4. The highest BCUT2D eigenvalue weighted by molar-refractivity contribution is 5.96. The molecule has 0 bridgehead atoms. The molecule has 1 fully saturated rings. The molecule has 4 rings (SSSR count). The zero-order chi connectivity index (χ0) is 23.0. The minimum absolute atomic E-state index is 0.0660. The lowest BCUT2D eigenvalue weighted by atomic mass is 10.1. The number of halogens is 2. The Morgan fingerprint density at radius 2 is 2.03 bits per heavy atom. The van der Waals surface area contributed by atoms with Gasteiger partial charge in [0.25, 0.3) is 11.6 Å². The molecule has 2 aromatic heterocycles.